The van der Waals surface area contributed by atoms with Gasteiger partial charge in [-0.1, -0.05) is 23.7 Å². The molecule has 2 bridgehead atoms. The summed E-state index contributed by atoms with van der Waals surface area (Å²) in [5, 5.41) is 5.96. The molecule has 1 amide bonds. The molecule has 234 valence electrons. The molecule has 2 atom stereocenters. The Morgan fingerprint density at radius 1 is 0.977 bits per heavy atom. The van der Waals surface area contributed by atoms with Gasteiger partial charge in [0, 0.05) is 69.1 Å². The minimum Gasteiger partial charge on any atom is -0.354 e. The third-order valence-electron chi connectivity index (χ3n) is 8.54. The number of hydrogen-bond donors (Lipinski definition) is 2. The smallest absolute Gasteiger partial charge is 0.354 e. The van der Waals surface area contributed by atoms with Crippen molar-refractivity contribution in [3.63, 3.8) is 0 Å². The summed E-state index contributed by atoms with van der Waals surface area (Å²) in [6, 6.07) is 16.4. The second-order valence-corrected chi connectivity index (χ2v) is 13.6. The van der Waals surface area contributed by atoms with Gasteiger partial charge in [-0.3, -0.25) is 9.69 Å². The van der Waals surface area contributed by atoms with E-state index in [1.54, 1.807) is 17.0 Å². The Morgan fingerprint density at radius 2 is 1.64 bits per heavy atom. The molecule has 0 saturated carbocycles. The van der Waals surface area contributed by atoms with Gasteiger partial charge in [-0.25, -0.2) is 13.4 Å². The van der Waals surface area contributed by atoms with Gasteiger partial charge in [0.05, 0.1) is 10.5 Å². The molecule has 6 rings (SSSR count). The number of rotatable bonds is 8. The van der Waals surface area contributed by atoms with Gasteiger partial charge < -0.3 is 15.5 Å². The fourth-order valence-electron chi connectivity index (χ4n) is 6.04. The molecule has 1 aromatic heterocycles. The number of amides is 1. The maximum atomic E-state index is 13.3. The van der Waals surface area contributed by atoms with Crippen molar-refractivity contribution in [3.8, 4) is 0 Å². The summed E-state index contributed by atoms with van der Waals surface area (Å²) in [4.78, 5) is 21.0. The molecule has 2 aromatic carbocycles. The molecule has 14 heteroatoms. The van der Waals surface area contributed by atoms with Crippen molar-refractivity contribution in [1.82, 2.24) is 19.5 Å². The minimum absolute atomic E-state index is 0.0446. The number of nitrogens with one attached hydrogen (secondary N) is 2. The van der Waals surface area contributed by atoms with Crippen LogP contribution in [0.5, 0.6) is 0 Å². The number of carbonyl (C=O) groups excluding carboxylic acids is 1. The lowest BCUT2D eigenvalue weighted by Crippen LogP contribution is -2.67. The first-order valence-corrected chi connectivity index (χ1v) is 16.3. The molecule has 0 aliphatic carbocycles. The predicted molar refractivity (Wildman–Crippen MR) is 162 cm³/mol. The molecule has 3 aliphatic rings. The van der Waals surface area contributed by atoms with E-state index in [1.807, 2.05) is 12.1 Å². The van der Waals surface area contributed by atoms with Crippen LogP contribution in [0, 0.1) is 0 Å². The van der Waals surface area contributed by atoms with E-state index in [0.29, 0.717) is 23.3 Å². The Kier molecular flexibility index (Phi) is 8.59. The third kappa shape index (κ3) is 6.57. The Hall–Kier alpha value is -3.23. The van der Waals surface area contributed by atoms with Crippen molar-refractivity contribution in [1.29, 1.82) is 0 Å². The van der Waals surface area contributed by atoms with Crippen molar-refractivity contribution in [3.05, 3.63) is 82.5 Å². The molecular weight excluding hydrogens is 617 g/mol. The van der Waals surface area contributed by atoms with E-state index >= 15 is 0 Å². The maximum absolute atomic E-state index is 13.3. The average molecular weight is 649 g/mol. The average Bonchev–Trinajstić information content (AvgIpc) is 3.01. The normalized spacial score (nSPS) is 21.1. The van der Waals surface area contributed by atoms with Gasteiger partial charge in [-0.15, -0.1) is 0 Å². The largest absolute Gasteiger partial charge is 0.416 e. The molecule has 2 unspecified atom stereocenters. The highest BCUT2D eigenvalue weighted by Crippen LogP contribution is 2.33. The lowest BCUT2D eigenvalue weighted by Gasteiger charge is -2.53. The Bertz CT molecular complexity index is 1600. The van der Waals surface area contributed by atoms with Gasteiger partial charge in [0.25, 0.3) is 5.91 Å². The molecular formula is C30H32ClF3N6O3S. The SMILES string of the molecule is O=C(Nc1ccc(S(=O)(=O)N2CCN(c3cc(C(F)(F)F)cc(Cl)n3)CC2)cc1)c1ccc(CCN2C3CNCC2C3)cc1. The summed E-state index contributed by atoms with van der Waals surface area (Å²) < 4.78 is 67.4. The van der Waals surface area contributed by atoms with Crippen molar-refractivity contribution in [2.75, 3.05) is 56.0 Å². The number of alkyl halides is 3. The topological polar surface area (TPSA) is 97.9 Å². The van der Waals surface area contributed by atoms with Gasteiger partial charge in [-0.05, 0) is 66.9 Å². The van der Waals surface area contributed by atoms with E-state index in [-0.39, 0.29) is 48.0 Å². The van der Waals surface area contributed by atoms with Gasteiger partial charge in [0.1, 0.15) is 11.0 Å². The van der Waals surface area contributed by atoms with Crippen LogP contribution in [-0.2, 0) is 22.6 Å². The first-order valence-electron chi connectivity index (χ1n) is 14.4. The number of benzene rings is 2. The number of aromatic nitrogens is 1. The Labute approximate surface area is 259 Å². The van der Waals surface area contributed by atoms with Gasteiger partial charge in [-0.2, -0.15) is 17.5 Å². The fraction of sp³-hybridized carbons (Fsp3) is 0.400. The molecule has 3 saturated heterocycles. The van der Waals surface area contributed by atoms with E-state index in [2.05, 4.69) is 20.5 Å². The van der Waals surface area contributed by atoms with E-state index in [0.717, 1.165) is 38.2 Å². The predicted octanol–water partition coefficient (Wildman–Crippen LogP) is 4.11. The van der Waals surface area contributed by atoms with Crippen LogP contribution in [0.25, 0.3) is 0 Å². The summed E-state index contributed by atoms with van der Waals surface area (Å²) in [7, 11) is -3.86. The number of hydrogen-bond acceptors (Lipinski definition) is 7. The number of anilines is 2. The number of nitrogens with zero attached hydrogens (tertiary/aromatic N) is 4. The number of halogens is 4. The zero-order valence-corrected chi connectivity index (χ0v) is 25.3. The molecule has 3 aromatic rings. The molecule has 4 heterocycles. The zero-order valence-electron chi connectivity index (χ0n) is 23.7. The van der Waals surface area contributed by atoms with E-state index < -0.39 is 21.8 Å². The van der Waals surface area contributed by atoms with Gasteiger partial charge in [0.2, 0.25) is 10.0 Å². The summed E-state index contributed by atoms with van der Waals surface area (Å²) in [5.41, 5.74) is 1.21. The summed E-state index contributed by atoms with van der Waals surface area (Å²) in [5.74, 6) is -0.252. The molecule has 0 radical (unpaired) electrons. The first-order chi connectivity index (χ1) is 21.0. The van der Waals surface area contributed by atoms with Gasteiger partial charge >= 0.3 is 6.18 Å². The van der Waals surface area contributed by atoms with Crippen LogP contribution < -0.4 is 15.5 Å². The second kappa shape index (κ2) is 12.3. The van der Waals surface area contributed by atoms with Crippen LogP contribution in [0.15, 0.2) is 65.6 Å². The standard InChI is InChI=1S/C30H32ClF3N6O3S/c31-27-15-22(30(32,33)34)16-28(37-27)38-11-13-39(14-12-38)44(42,43)26-7-5-23(6-8-26)36-29(41)21-3-1-20(2-4-21)9-10-40-24-17-25(40)19-35-18-24/h1-8,15-16,24-25,35H,9-14,17-19H2,(H,36,41). The summed E-state index contributed by atoms with van der Waals surface area (Å²) in [6.07, 6.45) is -2.37. The Balaban J connectivity index is 1.02. The molecule has 2 N–H and O–H groups in total. The van der Waals surface area contributed by atoms with E-state index in [4.69, 9.17) is 11.6 Å². The van der Waals surface area contributed by atoms with E-state index in [1.165, 1.54) is 40.6 Å². The highest BCUT2D eigenvalue weighted by atomic mass is 35.5. The van der Waals surface area contributed by atoms with Crippen LogP contribution >= 0.6 is 11.6 Å². The number of fused-ring (bicyclic) bond motifs is 2. The van der Waals surface area contributed by atoms with Crippen LogP contribution in [-0.4, -0.2) is 86.4 Å². The highest BCUT2D eigenvalue weighted by Gasteiger charge is 2.40. The molecule has 9 nitrogen and oxygen atoms in total. The second-order valence-electron chi connectivity index (χ2n) is 11.3. The number of sulfonamides is 1. The van der Waals surface area contributed by atoms with Crippen molar-refractivity contribution < 1.29 is 26.4 Å². The lowest BCUT2D eigenvalue weighted by molar-refractivity contribution is -0.137. The van der Waals surface area contributed by atoms with Crippen molar-refractivity contribution in [2.45, 2.75) is 36.0 Å². The molecule has 0 spiro atoms. The van der Waals surface area contributed by atoms with Crippen LogP contribution in [0.1, 0.15) is 27.9 Å². The number of piperazine rings is 2. The van der Waals surface area contributed by atoms with E-state index in [9.17, 15) is 26.4 Å². The van der Waals surface area contributed by atoms with Crippen molar-refractivity contribution >= 4 is 39.0 Å². The quantitative estimate of drug-likeness (QED) is 0.355. The molecule has 3 aliphatic heterocycles. The van der Waals surface area contributed by atoms with Crippen LogP contribution in [0.2, 0.25) is 5.15 Å². The molecule has 44 heavy (non-hydrogen) atoms. The third-order valence-corrected chi connectivity index (χ3v) is 10.6. The maximum Gasteiger partial charge on any atom is 0.416 e. The monoisotopic (exact) mass is 648 g/mol. The Morgan fingerprint density at radius 3 is 2.25 bits per heavy atom. The zero-order chi connectivity index (χ0) is 31.1. The fourth-order valence-corrected chi connectivity index (χ4v) is 7.66. The minimum atomic E-state index is -4.58. The first kappa shape index (κ1) is 30.8. The molecule has 3 fully saturated rings. The summed E-state index contributed by atoms with van der Waals surface area (Å²) >= 11 is 5.81. The lowest BCUT2D eigenvalue weighted by atomic mass is 9.88. The number of carbonyl (C=O) groups is 1. The summed E-state index contributed by atoms with van der Waals surface area (Å²) in [6.45, 7) is 3.53. The highest BCUT2D eigenvalue weighted by molar-refractivity contribution is 7.89. The number of piperidine rings is 1. The van der Waals surface area contributed by atoms with Crippen molar-refractivity contribution in [2.24, 2.45) is 0 Å². The van der Waals surface area contributed by atoms with Gasteiger partial charge in [0.15, 0.2) is 0 Å². The number of pyridine rings is 1. The van der Waals surface area contributed by atoms with Crippen LogP contribution in [0.4, 0.5) is 24.7 Å². The van der Waals surface area contributed by atoms with Crippen LogP contribution in [0.3, 0.4) is 0 Å².